The van der Waals surface area contributed by atoms with E-state index in [1.54, 1.807) is 0 Å². The zero-order valence-corrected chi connectivity index (χ0v) is 21.4. The number of esters is 1. The second kappa shape index (κ2) is 19.1. The topological polar surface area (TPSA) is 35.5 Å². The van der Waals surface area contributed by atoms with E-state index in [2.05, 4.69) is 19.1 Å². The fourth-order valence-corrected chi connectivity index (χ4v) is 4.14. The number of hydrogen-bond acceptors (Lipinski definition) is 3. The molecule has 2 rings (SSSR count). The van der Waals surface area contributed by atoms with E-state index in [1.807, 2.05) is 42.5 Å². The molecule has 0 aliphatic rings. The minimum atomic E-state index is -0.0640. The summed E-state index contributed by atoms with van der Waals surface area (Å²) < 4.78 is 11.2. The van der Waals surface area contributed by atoms with Crippen molar-refractivity contribution in [2.24, 2.45) is 0 Å². The Kier molecular flexibility index (Phi) is 15.7. The van der Waals surface area contributed by atoms with E-state index in [-0.39, 0.29) is 5.97 Å². The first-order valence-corrected chi connectivity index (χ1v) is 13.7. The Bertz CT molecular complexity index is 739. The van der Waals surface area contributed by atoms with Crippen LogP contribution in [-0.4, -0.2) is 12.6 Å². The third-order valence-corrected chi connectivity index (χ3v) is 6.31. The molecule has 0 amide bonds. The molecule has 0 spiro atoms. The van der Waals surface area contributed by atoms with Gasteiger partial charge in [-0.15, -0.1) is 0 Å². The maximum Gasteiger partial charge on any atom is 0.305 e. The van der Waals surface area contributed by atoms with Gasteiger partial charge in [-0.25, -0.2) is 0 Å². The molecule has 0 aliphatic carbocycles. The van der Waals surface area contributed by atoms with Crippen molar-refractivity contribution < 1.29 is 14.3 Å². The molecule has 3 heteroatoms. The van der Waals surface area contributed by atoms with Crippen LogP contribution < -0.4 is 4.74 Å². The van der Waals surface area contributed by atoms with Crippen molar-refractivity contribution in [3.8, 4) is 5.75 Å². The Morgan fingerprint density at radius 2 is 1.21 bits per heavy atom. The van der Waals surface area contributed by atoms with Gasteiger partial charge in [-0.1, -0.05) is 126 Å². The summed E-state index contributed by atoms with van der Waals surface area (Å²) in [5, 5.41) is 0. The van der Waals surface area contributed by atoms with Gasteiger partial charge in [-0.2, -0.15) is 0 Å². The first-order valence-electron chi connectivity index (χ1n) is 13.7. The summed E-state index contributed by atoms with van der Waals surface area (Å²) in [6.45, 7) is 3.28. The predicted molar refractivity (Wildman–Crippen MR) is 142 cm³/mol. The van der Waals surface area contributed by atoms with E-state index in [4.69, 9.17) is 9.47 Å². The van der Waals surface area contributed by atoms with Gasteiger partial charge in [0.05, 0.1) is 6.61 Å². The third-order valence-electron chi connectivity index (χ3n) is 6.31. The van der Waals surface area contributed by atoms with Crippen LogP contribution >= 0.6 is 0 Å². The number of hydrogen-bond donors (Lipinski definition) is 0. The zero-order chi connectivity index (χ0) is 24.1. The van der Waals surface area contributed by atoms with Crippen LogP contribution in [0.3, 0.4) is 0 Å². The van der Waals surface area contributed by atoms with Gasteiger partial charge in [0.15, 0.2) is 0 Å². The molecule has 0 N–H and O–H groups in total. The lowest BCUT2D eigenvalue weighted by atomic mass is 10.0. The number of unbranched alkanes of at least 4 members (excludes halogenated alkanes) is 12. The highest BCUT2D eigenvalue weighted by atomic mass is 16.5. The van der Waals surface area contributed by atoms with Crippen molar-refractivity contribution >= 4 is 5.97 Å². The number of rotatable bonds is 20. The second-order valence-corrected chi connectivity index (χ2v) is 9.38. The highest BCUT2D eigenvalue weighted by Gasteiger charge is 2.04. The van der Waals surface area contributed by atoms with Crippen LogP contribution in [0.25, 0.3) is 0 Å². The maximum absolute atomic E-state index is 12.0. The molecule has 0 heterocycles. The molecular weight excluding hydrogens is 420 g/mol. The molecule has 0 saturated heterocycles. The average molecular weight is 467 g/mol. The lowest BCUT2D eigenvalue weighted by Crippen LogP contribution is -2.07. The molecule has 0 atom stereocenters. The van der Waals surface area contributed by atoms with Gasteiger partial charge in [0.25, 0.3) is 0 Å². The number of benzene rings is 2. The van der Waals surface area contributed by atoms with E-state index in [0.717, 1.165) is 36.1 Å². The standard InChI is InChI=1S/C31H46O3/c1-2-3-4-5-6-7-8-9-10-11-12-13-17-20-31(32)33-26-25-28-21-23-30(24-22-28)34-27-29-18-15-14-16-19-29/h14-16,18-19,21-24H,2-13,17,20,25-27H2,1H3. The summed E-state index contributed by atoms with van der Waals surface area (Å²) in [6.07, 6.45) is 18.4. The summed E-state index contributed by atoms with van der Waals surface area (Å²) in [6, 6.07) is 18.2. The van der Waals surface area contributed by atoms with Gasteiger partial charge < -0.3 is 9.47 Å². The predicted octanol–water partition coefficient (Wildman–Crippen LogP) is 8.83. The van der Waals surface area contributed by atoms with Crippen LogP contribution in [0.5, 0.6) is 5.75 Å². The lowest BCUT2D eigenvalue weighted by Gasteiger charge is -2.08. The van der Waals surface area contributed by atoms with E-state index in [1.165, 1.54) is 70.6 Å². The summed E-state index contributed by atoms with van der Waals surface area (Å²) in [4.78, 5) is 12.0. The Labute approximate surface area is 208 Å². The van der Waals surface area contributed by atoms with Crippen molar-refractivity contribution in [1.29, 1.82) is 0 Å². The third kappa shape index (κ3) is 14.1. The van der Waals surface area contributed by atoms with Gasteiger partial charge >= 0.3 is 5.97 Å². The summed E-state index contributed by atoms with van der Waals surface area (Å²) >= 11 is 0. The lowest BCUT2D eigenvalue weighted by molar-refractivity contribution is -0.143. The molecule has 3 nitrogen and oxygen atoms in total. The fraction of sp³-hybridized carbons (Fsp3) is 0.581. The molecule has 188 valence electrons. The Morgan fingerprint density at radius 1 is 0.647 bits per heavy atom. The van der Waals surface area contributed by atoms with Crippen molar-refractivity contribution in [2.45, 2.75) is 110 Å². The maximum atomic E-state index is 12.0. The summed E-state index contributed by atoms with van der Waals surface area (Å²) in [5.41, 5.74) is 2.31. The molecule has 0 fully saturated rings. The fourth-order valence-electron chi connectivity index (χ4n) is 4.14. The minimum absolute atomic E-state index is 0.0640. The second-order valence-electron chi connectivity index (χ2n) is 9.38. The van der Waals surface area contributed by atoms with Gasteiger partial charge in [-0.05, 0) is 29.7 Å². The Hall–Kier alpha value is -2.29. The van der Waals surface area contributed by atoms with Crippen molar-refractivity contribution in [3.63, 3.8) is 0 Å². The molecule has 0 radical (unpaired) electrons. The summed E-state index contributed by atoms with van der Waals surface area (Å²) in [7, 11) is 0. The smallest absolute Gasteiger partial charge is 0.305 e. The average Bonchev–Trinajstić information content (AvgIpc) is 2.87. The zero-order valence-electron chi connectivity index (χ0n) is 21.4. The number of carbonyl (C=O) groups is 1. The van der Waals surface area contributed by atoms with Gasteiger partial charge in [-0.3, -0.25) is 4.79 Å². The largest absolute Gasteiger partial charge is 0.489 e. The van der Waals surface area contributed by atoms with Crippen molar-refractivity contribution in [1.82, 2.24) is 0 Å². The molecule has 2 aromatic rings. The SMILES string of the molecule is CCCCCCCCCCCCCCCC(=O)OCCc1ccc(OCc2ccccc2)cc1. The van der Waals surface area contributed by atoms with Crippen LogP contribution in [0, 0.1) is 0 Å². The number of ether oxygens (including phenoxy) is 2. The van der Waals surface area contributed by atoms with Gasteiger partial charge in [0.2, 0.25) is 0 Å². The van der Waals surface area contributed by atoms with E-state index >= 15 is 0 Å². The first-order chi connectivity index (χ1) is 16.8. The highest BCUT2D eigenvalue weighted by molar-refractivity contribution is 5.69. The van der Waals surface area contributed by atoms with Crippen LogP contribution in [0.1, 0.15) is 108 Å². The molecule has 0 aliphatic heterocycles. The molecular formula is C31H46O3. The van der Waals surface area contributed by atoms with Gasteiger partial charge in [0.1, 0.15) is 12.4 Å². The monoisotopic (exact) mass is 466 g/mol. The highest BCUT2D eigenvalue weighted by Crippen LogP contribution is 2.15. The van der Waals surface area contributed by atoms with E-state index < -0.39 is 0 Å². The molecule has 0 bridgehead atoms. The molecule has 0 saturated carbocycles. The van der Waals surface area contributed by atoms with E-state index in [9.17, 15) is 4.79 Å². The van der Waals surface area contributed by atoms with Crippen molar-refractivity contribution in [2.75, 3.05) is 6.61 Å². The van der Waals surface area contributed by atoms with E-state index in [0.29, 0.717) is 19.6 Å². The first kappa shape index (κ1) is 28.0. The molecule has 0 unspecified atom stereocenters. The quantitative estimate of drug-likeness (QED) is 0.144. The molecule has 0 aromatic heterocycles. The van der Waals surface area contributed by atoms with Crippen LogP contribution in [0.2, 0.25) is 0 Å². The molecule has 2 aromatic carbocycles. The van der Waals surface area contributed by atoms with Gasteiger partial charge in [0, 0.05) is 12.8 Å². The molecule has 34 heavy (non-hydrogen) atoms. The Morgan fingerprint density at radius 3 is 1.79 bits per heavy atom. The number of carbonyl (C=O) groups excluding carboxylic acids is 1. The normalized spacial score (nSPS) is 10.9. The van der Waals surface area contributed by atoms with Crippen molar-refractivity contribution in [3.05, 3.63) is 65.7 Å². The van der Waals surface area contributed by atoms with Crippen LogP contribution in [0.15, 0.2) is 54.6 Å². The summed E-state index contributed by atoms with van der Waals surface area (Å²) in [5.74, 6) is 0.790. The Balaban J connectivity index is 1.40. The van der Waals surface area contributed by atoms with Crippen LogP contribution in [0.4, 0.5) is 0 Å². The minimum Gasteiger partial charge on any atom is -0.489 e. The van der Waals surface area contributed by atoms with Crippen LogP contribution in [-0.2, 0) is 22.6 Å².